The molecule has 0 aromatic carbocycles. The quantitative estimate of drug-likeness (QED) is 0.752. The number of aromatic nitrogens is 4. The van der Waals surface area contributed by atoms with Crippen LogP contribution in [0.15, 0.2) is 11.0 Å². The topological polar surface area (TPSA) is 104 Å². The second-order valence-electron chi connectivity index (χ2n) is 4.38. The number of rotatable bonds is 3. The van der Waals surface area contributed by atoms with Crippen molar-refractivity contribution in [3.8, 4) is 0 Å². The lowest BCUT2D eigenvalue weighted by molar-refractivity contribution is -0.115. The summed E-state index contributed by atoms with van der Waals surface area (Å²) in [6, 6.07) is 0. The van der Waals surface area contributed by atoms with E-state index in [0.29, 0.717) is 17.2 Å². The molecule has 0 atom stereocenters. The lowest BCUT2D eigenvalue weighted by atomic mass is 10.1. The Labute approximate surface area is 109 Å². The average molecular weight is 261 g/mol. The zero-order valence-corrected chi connectivity index (χ0v) is 11.0. The number of H-pyrrole nitrogens is 2. The van der Waals surface area contributed by atoms with Crippen LogP contribution in [0.5, 0.6) is 0 Å². The van der Waals surface area contributed by atoms with Crippen LogP contribution in [0.2, 0.25) is 0 Å². The molecule has 0 spiro atoms. The molecule has 0 saturated heterocycles. The van der Waals surface area contributed by atoms with Gasteiger partial charge >= 0.3 is 5.69 Å². The summed E-state index contributed by atoms with van der Waals surface area (Å²) >= 11 is 0. The molecule has 0 radical (unpaired) electrons. The van der Waals surface area contributed by atoms with Gasteiger partial charge in [0.15, 0.2) is 0 Å². The van der Waals surface area contributed by atoms with Crippen molar-refractivity contribution in [3.05, 3.63) is 39.2 Å². The first-order valence-electron chi connectivity index (χ1n) is 5.83. The molecule has 0 aliphatic carbocycles. The van der Waals surface area contributed by atoms with E-state index in [-0.39, 0.29) is 12.3 Å². The molecule has 7 nitrogen and oxygen atoms in total. The molecule has 100 valence electrons. The fraction of sp³-hybridized carbons (Fsp3) is 0.333. The second kappa shape index (κ2) is 5.05. The summed E-state index contributed by atoms with van der Waals surface area (Å²) in [5, 5.41) is 9.26. The van der Waals surface area contributed by atoms with Gasteiger partial charge in [-0.15, -0.1) is 0 Å². The SMILES string of the molecule is Cc1cn[nH]c1NC(=O)Cc1c(C)nc(=O)[nH]c1C. The highest BCUT2D eigenvalue weighted by Crippen LogP contribution is 2.11. The zero-order valence-electron chi connectivity index (χ0n) is 11.0. The highest BCUT2D eigenvalue weighted by atomic mass is 16.2. The van der Waals surface area contributed by atoms with Crippen molar-refractivity contribution in [1.82, 2.24) is 20.2 Å². The van der Waals surface area contributed by atoms with E-state index < -0.39 is 5.69 Å². The summed E-state index contributed by atoms with van der Waals surface area (Å²) < 4.78 is 0. The number of hydrogen-bond acceptors (Lipinski definition) is 4. The summed E-state index contributed by atoms with van der Waals surface area (Å²) in [7, 11) is 0. The third kappa shape index (κ3) is 2.87. The molecule has 0 aliphatic rings. The van der Waals surface area contributed by atoms with Gasteiger partial charge in [-0.3, -0.25) is 9.89 Å². The molecular weight excluding hydrogens is 246 g/mol. The summed E-state index contributed by atoms with van der Waals surface area (Å²) in [4.78, 5) is 29.5. The second-order valence-corrected chi connectivity index (χ2v) is 4.38. The predicted molar refractivity (Wildman–Crippen MR) is 70.0 cm³/mol. The van der Waals surface area contributed by atoms with Gasteiger partial charge in [-0.25, -0.2) is 4.79 Å². The van der Waals surface area contributed by atoms with Crippen LogP contribution in [-0.2, 0) is 11.2 Å². The third-order valence-electron chi connectivity index (χ3n) is 2.88. The van der Waals surface area contributed by atoms with E-state index in [9.17, 15) is 9.59 Å². The number of carbonyl (C=O) groups excluding carboxylic acids is 1. The van der Waals surface area contributed by atoms with Crippen molar-refractivity contribution in [2.45, 2.75) is 27.2 Å². The minimum Gasteiger partial charge on any atom is -0.311 e. The smallest absolute Gasteiger partial charge is 0.311 e. The van der Waals surface area contributed by atoms with Gasteiger partial charge < -0.3 is 10.3 Å². The molecule has 0 saturated carbocycles. The number of hydrogen-bond donors (Lipinski definition) is 3. The first kappa shape index (κ1) is 13.0. The summed E-state index contributed by atoms with van der Waals surface area (Å²) in [6.07, 6.45) is 1.79. The normalized spacial score (nSPS) is 10.5. The number of amides is 1. The first-order chi connectivity index (χ1) is 8.97. The van der Waals surface area contributed by atoms with E-state index in [4.69, 9.17) is 0 Å². The van der Waals surface area contributed by atoms with Gasteiger partial charge in [0.25, 0.3) is 0 Å². The monoisotopic (exact) mass is 261 g/mol. The van der Waals surface area contributed by atoms with Crippen LogP contribution < -0.4 is 11.0 Å². The minimum absolute atomic E-state index is 0.153. The molecular formula is C12H15N5O2. The zero-order chi connectivity index (χ0) is 14.0. The Morgan fingerprint density at radius 3 is 2.68 bits per heavy atom. The fourth-order valence-corrected chi connectivity index (χ4v) is 1.83. The maximum atomic E-state index is 11.9. The molecule has 19 heavy (non-hydrogen) atoms. The van der Waals surface area contributed by atoms with Crippen molar-refractivity contribution in [2.24, 2.45) is 0 Å². The highest BCUT2D eigenvalue weighted by molar-refractivity contribution is 5.92. The van der Waals surface area contributed by atoms with E-state index in [0.717, 1.165) is 11.1 Å². The van der Waals surface area contributed by atoms with Gasteiger partial charge in [0.1, 0.15) is 5.82 Å². The Balaban J connectivity index is 2.16. The lowest BCUT2D eigenvalue weighted by Crippen LogP contribution is -2.21. The van der Waals surface area contributed by atoms with Crippen molar-refractivity contribution in [3.63, 3.8) is 0 Å². The Morgan fingerprint density at radius 2 is 2.11 bits per heavy atom. The number of aryl methyl sites for hydroxylation is 3. The van der Waals surface area contributed by atoms with E-state index in [1.54, 1.807) is 20.0 Å². The van der Waals surface area contributed by atoms with E-state index in [2.05, 4.69) is 25.5 Å². The lowest BCUT2D eigenvalue weighted by Gasteiger charge is -2.08. The van der Waals surface area contributed by atoms with E-state index in [1.165, 1.54) is 0 Å². The van der Waals surface area contributed by atoms with Crippen LogP contribution in [0.1, 0.15) is 22.5 Å². The predicted octanol–water partition coefficient (Wildman–Crippen LogP) is 0.599. The Bertz CT molecular complexity index is 645. The Hall–Kier alpha value is -2.44. The van der Waals surface area contributed by atoms with Crippen LogP contribution in [0, 0.1) is 20.8 Å². The van der Waals surface area contributed by atoms with Gasteiger partial charge in [-0.05, 0) is 20.8 Å². The van der Waals surface area contributed by atoms with Crippen LogP contribution in [0.25, 0.3) is 0 Å². The average Bonchev–Trinajstić information content (AvgIpc) is 2.69. The maximum absolute atomic E-state index is 11.9. The molecule has 3 N–H and O–H groups in total. The number of nitrogens with one attached hydrogen (secondary N) is 3. The van der Waals surface area contributed by atoms with Gasteiger partial charge in [0, 0.05) is 22.5 Å². The first-order valence-corrected chi connectivity index (χ1v) is 5.83. The molecule has 2 aromatic rings. The summed E-state index contributed by atoms with van der Waals surface area (Å²) in [5.41, 5.74) is 2.42. The molecule has 0 aliphatic heterocycles. The summed E-state index contributed by atoms with van der Waals surface area (Å²) in [5.74, 6) is 0.394. The molecule has 1 amide bonds. The summed E-state index contributed by atoms with van der Waals surface area (Å²) in [6.45, 7) is 5.31. The molecule has 2 heterocycles. The van der Waals surface area contributed by atoms with Gasteiger partial charge in [-0.2, -0.15) is 10.1 Å². The molecule has 2 rings (SSSR count). The van der Waals surface area contributed by atoms with Crippen LogP contribution >= 0.6 is 0 Å². The highest BCUT2D eigenvalue weighted by Gasteiger charge is 2.12. The van der Waals surface area contributed by atoms with E-state index in [1.807, 2.05) is 6.92 Å². The van der Waals surface area contributed by atoms with Crippen molar-refractivity contribution in [2.75, 3.05) is 5.32 Å². The molecule has 7 heteroatoms. The maximum Gasteiger partial charge on any atom is 0.345 e. The number of aromatic amines is 2. The minimum atomic E-state index is -0.399. The number of anilines is 1. The number of carbonyl (C=O) groups is 1. The molecule has 0 unspecified atom stereocenters. The standard InChI is InChI=1S/C12H15N5O2/c1-6-5-13-17-11(6)16-10(18)4-9-7(2)14-12(19)15-8(9)3/h5H,4H2,1-3H3,(H,14,15,19)(H2,13,16,17,18). The van der Waals surface area contributed by atoms with Gasteiger partial charge in [-0.1, -0.05) is 0 Å². The van der Waals surface area contributed by atoms with E-state index >= 15 is 0 Å². The largest absolute Gasteiger partial charge is 0.345 e. The fourth-order valence-electron chi connectivity index (χ4n) is 1.83. The van der Waals surface area contributed by atoms with Gasteiger partial charge in [0.2, 0.25) is 5.91 Å². The molecule has 0 bridgehead atoms. The van der Waals surface area contributed by atoms with Crippen LogP contribution in [0.4, 0.5) is 5.82 Å². The van der Waals surface area contributed by atoms with Crippen LogP contribution in [0.3, 0.4) is 0 Å². The van der Waals surface area contributed by atoms with Crippen molar-refractivity contribution >= 4 is 11.7 Å². The third-order valence-corrected chi connectivity index (χ3v) is 2.88. The molecule has 0 fully saturated rings. The molecule has 2 aromatic heterocycles. The van der Waals surface area contributed by atoms with Crippen molar-refractivity contribution in [1.29, 1.82) is 0 Å². The van der Waals surface area contributed by atoms with Gasteiger partial charge in [0.05, 0.1) is 12.6 Å². The number of nitrogens with zero attached hydrogens (tertiary/aromatic N) is 2. The Morgan fingerprint density at radius 1 is 1.37 bits per heavy atom. The van der Waals surface area contributed by atoms with Crippen LogP contribution in [-0.4, -0.2) is 26.1 Å². The Kier molecular flexibility index (Phi) is 3.46. The van der Waals surface area contributed by atoms with Crippen molar-refractivity contribution < 1.29 is 4.79 Å².